The van der Waals surface area contributed by atoms with Crippen LogP contribution >= 0.6 is 0 Å². The summed E-state index contributed by atoms with van der Waals surface area (Å²) in [5.74, 6) is 0.802. The first-order valence-electron chi connectivity index (χ1n) is 16.8. The summed E-state index contributed by atoms with van der Waals surface area (Å²) >= 11 is 0. The molecule has 0 saturated heterocycles. The van der Waals surface area contributed by atoms with Crippen LogP contribution in [0.3, 0.4) is 0 Å². The maximum atomic E-state index is 2.43. The Bertz CT molecular complexity index is 2110. The normalized spacial score (nSPS) is 15.2. The Balaban J connectivity index is 1.12. The van der Waals surface area contributed by atoms with Crippen molar-refractivity contribution < 1.29 is 0 Å². The summed E-state index contributed by atoms with van der Waals surface area (Å²) in [7, 11) is 2.17. The molecular weight excluding hydrogens is 567 g/mol. The number of benzene rings is 6. The predicted octanol–water partition coefficient (Wildman–Crippen LogP) is 12.6. The predicted molar refractivity (Wildman–Crippen MR) is 201 cm³/mol. The Morgan fingerprint density at radius 1 is 0.489 bits per heavy atom. The van der Waals surface area contributed by atoms with Gasteiger partial charge in [0.15, 0.2) is 0 Å². The zero-order chi connectivity index (χ0) is 31.7. The zero-order valence-electron chi connectivity index (χ0n) is 27.2. The van der Waals surface area contributed by atoms with Gasteiger partial charge < -0.3 is 4.90 Å². The lowest BCUT2D eigenvalue weighted by Gasteiger charge is -2.32. The van der Waals surface area contributed by atoms with E-state index < -0.39 is 0 Å². The smallest absolute Gasteiger partial charge is 0.0414 e. The molecule has 0 spiro atoms. The van der Waals surface area contributed by atoms with Gasteiger partial charge in [-0.25, -0.2) is 0 Å². The molecule has 1 nitrogen and oxygen atoms in total. The molecule has 1 fully saturated rings. The molecule has 0 radical (unpaired) electrons. The van der Waals surface area contributed by atoms with Crippen LogP contribution in [0.2, 0.25) is 0 Å². The molecule has 2 aliphatic carbocycles. The van der Waals surface area contributed by atoms with E-state index in [0.29, 0.717) is 0 Å². The summed E-state index contributed by atoms with van der Waals surface area (Å²) in [4.78, 5) is 2.29. The minimum Gasteiger partial charge on any atom is -0.345 e. The molecule has 1 atom stereocenters. The number of anilines is 2. The van der Waals surface area contributed by atoms with Crippen molar-refractivity contribution in [3.63, 3.8) is 0 Å². The van der Waals surface area contributed by atoms with E-state index in [1.807, 2.05) is 0 Å². The third-order valence-electron chi connectivity index (χ3n) is 10.0. The van der Waals surface area contributed by atoms with Gasteiger partial charge in [-0.3, -0.25) is 0 Å². The van der Waals surface area contributed by atoms with Crippen LogP contribution in [0.25, 0.3) is 50.1 Å². The van der Waals surface area contributed by atoms with Gasteiger partial charge in [0, 0.05) is 18.4 Å². The van der Waals surface area contributed by atoms with Crippen LogP contribution in [0.4, 0.5) is 11.4 Å². The summed E-state index contributed by atoms with van der Waals surface area (Å²) in [6, 6.07) is 53.4. The van der Waals surface area contributed by atoms with Gasteiger partial charge in [-0.05, 0) is 136 Å². The van der Waals surface area contributed by atoms with Crippen LogP contribution in [0, 0.1) is 12.8 Å². The van der Waals surface area contributed by atoms with E-state index in [1.54, 1.807) is 5.57 Å². The number of aryl methyl sites for hydroxylation is 1. The van der Waals surface area contributed by atoms with Crippen molar-refractivity contribution in [3.8, 4) is 44.5 Å². The second kappa shape index (κ2) is 12.4. The van der Waals surface area contributed by atoms with Crippen LogP contribution in [0.5, 0.6) is 0 Å². The Hall–Kier alpha value is -5.40. The molecule has 228 valence electrons. The fourth-order valence-corrected chi connectivity index (χ4v) is 7.01. The van der Waals surface area contributed by atoms with E-state index in [1.165, 1.54) is 91.8 Å². The van der Waals surface area contributed by atoms with Crippen molar-refractivity contribution in [1.82, 2.24) is 0 Å². The molecule has 0 bridgehead atoms. The molecule has 0 heterocycles. The third-order valence-corrected chi connectivity index (χ3v) is 10.0. The van der Waals surface area contributed by atoms with Crippen molar-refractivity contribution in [2.45, 2.75) is 26.2 Å². The molecule has 6 aromatic rings. The number of allylic oxidation sites excluding steroid dienone is 4. The van der Waals surface area contributed by atoms with Gasteiger partial charge >= 0.3 is 0 Å². The van der Waals surface area contributed by atoms with Gasteiger partial charge in [-0.1, -0.05) is 120 Å². The van der Waals surface area contributed by atoms with Crippen molar-refractivity contribution >= 4 is 16.9 Å². The number of hydrogen-bond acceptors (Lipinski definition) is 1. The number of hydrogen-bond donors (Lipinski definition) is 0. The first kappa shape index (κ1) is 29.0. The molecule has 0 aromatic heterocycles. The highest BCUT2D eigenvalue weighted by molar-refractivity contribution is 5.84. The van der Waals surface area contributed by atoms with E-state index >= 15 is 0 Å². The minimum absolute atomic E-state index is 0.802. The minimum atomic E-state index is 0.802. The molecule has 0 N–H and O–H groups in total. The van der Waals surface area contributed by atoms with E-state index in [9.17, 15) is 0 Å². The first-order chi connectivity index (χ1) is 23.1. The highest BCUT2D eigenvalue weighted by Crippen LogP contribution is 2.43. The Morgan fingerprint density at radius 3 is 1.70 bits per heavy atom. The molecule has 47 heavy (non-hydrogen) atoms. The summed E-state index contributed by atoms with van der Waals surface area (Å²) in [6.07, 6.45) is 8.67. The molecule has 1 heteroatoms. The summed E-state index contributed by atoms with van der Waals surface area (Å²) in [5, 5.41) is 0. The summed E-state index contributed by atoms with van der Waals surface area (Å²) < 4.78 is 0. The maximum Gasteiger partial charge on any atom is 0.0414 e. The molecule has 0 aliphatic heterocycles. The van der Waals surface area contributed by atoms with Crippen molar-refractivity contribution in [3.05, 3.63) is 174 Å². The molecule has 6 aromatic carbocycles. The molecule has 0 amide bonds. The second-order valence-corrected chi connectivity index (χ2v) is 13.1. The lowest BCUT2D eigenvalue weighted by Crippen LogP contribution is -2.17. The van der Waals surface area contributed by atoms with Gasteiger partial charge in [0.05, 0.1) is 0 Å². The number of nitrogens with zero attached hydrogens (tertiary/aromatic N) is 1. The monoisotopic (exact) mass is 605 g/mol. The van der Waals surface area contributed by atoms with Crippen LogP contribution in [0.15, 0.2) is 163 Å². The fourth-order valence-electron chi connectivity index (χ4n) is 7.01. The van der Waals surface area contributed by atoms with E-state index in [-0.39, 0.29) is 0 Å². The molecular formula is C46H39N. The largest absolute Gasteiger partial charge is 0.345 e. The summed E-state index contributed by atoms with van der Waals surface area (Å²) in [6.45, 7) is 2.14. The van der Waals surface area contributed by atoms with Crippen LogP contribution in [-0.4, -0.2) is 7.05 Å². The first-order valence-corrected chi connectivity index (χ1v) is 16.8. The standard InChI is InChI=1S/C46H39N/c1-32-14-16-35(17-15-32)42-28-43(30-44(29-42)38-11-6-10-37(26-38)33-8-4-3-5-9-33)36-22-24-45(25-23-36)47(2)46-13-7-12-39(31-46)41-21-19-34-18-20-40(34)27-41/h3-17,21-31,34H,18-20H2,1-2H3. The number of fused-ring (bicyclic) bond motifs is 1. The van der Waals surface area contributed by atoms with Crippen molar-refractivity contribution in [2.24, 2.45) is 5.92 Å². The van der Waals surface area contributed by atoms with E-state index in [0.717, 1.165) is 5.92 Å². The molecule has 2 aliphatic rings. The highest BCUT2D eigenvalue weighted by Gasteiger charge is 2.26. The van der Waals surface area contributed by atoms with E-state index in [2.05, 4.69) is 177 Å². The Morgan fingerprint density at radius 2 is 1.04 bits per heavy atom. The van der Waals surface area contributed by atoms with Gasteiger partial charge in [-0.2, -0.15) is 0 Å². The van der Waals surface area contributed by atoms with Crippen LogP contribution in [-0.2, 0) is 0 Å². The van der Waals surface area contributed by atoms with Gasteiger partial charge in [0.2, 0.25) is 0 Å². The topological polar surface area (TPSA) is 3.24 Å². The quantitative estimate of drug-likeness (QED) is 0.175. The SMILES string of the molecule is Cc1ccc(-c2cc(-c3ccc(N(C)c4cccc(C5=CCC6CCC6=C5)c4)cc3)cc(-c3cccc(-c4ccccc4)c3)c2)cc1. The maximum absolute atomic E-state index is 2.43. The highest BCUT2D eigenvalue weighted by atomic mass is 15.1. The average Bonchev–Trinajstić information content (AvgIpc) is 3.12. The lowest BCUT2D eigenvalue weighted by atomic mass is 9.73. The lowest BCUT2D eigenvalue weighted by molar-refractivity contribution is 0.445. The van der Waals surface area contributed by atoms with E-state index in [4.69, 9.17) is 0 Å². The average molecular weight is 606 g/mol. The van der Waals surface area contributed by atoms with Crippen molar-refractivity contribution in [1.29, 1.82) is 0 Å². The fraction of sp³-hybridized carbons (Fsp3) is 0.130. The van der Waals surface area contributed by atoms with Gasteiger partial charge in [-0.15, -0.1) is 0 Å². The molecule has 1 saturated carbocycles. The second-order valence-electron chi connectivity index (χ2n) is 13.1. The Kier molecular flexibility index (Phi) is 7.67. The van der Waals surface area contributed by atoms with Crippen LogP contribution in [0.1, 0.15) is 30.4 Å². The number of rotatable bonds is 7. The molecule has 1 unspecified atom stereocenters. The molecule has 8 rings (SSSR count). The summed E-state index contributed by atoms with van der Waals surface area (Å²) in [5.41, 5.74) is 17.7. The Labute approximate surface area is 279 Å². The van der Waals surface area contributed by atoms with Gasteiger partial charge in [0.1, 0.15) is 0 Å². The van der Waals surface area contributed by atoms with Crippen LogP contribution < -0.4 is 4.90 Å². The van der Waals surface area contributed by atoms with Gasteiger partial charge in [0.25, 0.3) is 0 Å². The zero-order valence-corrected chi connectivity index (χ0v) is 27.2. The third kappa shape index (κ3) is 5.98. The van der Waals surface area contributed by atoms with Crippen molar-refractivity contribution in [2.75, 3.05) is 11.9 Å².